The molecule has 1 heterocycles. The minimum atomic E-state index is -0.0312. The van der Waals surface area contributed by atoms with Crippen molar-refractivity contribution >= 4 is 29.2 Å². The summed E-state index contributed by atoms with van der Waals surface area (Å²) in [6.07, 6.45) is 2.03. The number of hydrogen-bond donors (Lipinski definition) is 0. The molecule has 1 aliphatic rings. The highest BCUT2D eigenvalue weighted by Gasteiger charge is 2.17. The van der Waals surface area contributed by atoms with Crippen molar-refractivity contribution < 1.29 is 9.53 Å². The number of hydrogen-bond acceptors (Lipinski definition) is 2. The molecular formula is C18H20Cl2O2. The lowest BCUT2D eigenvalue weighted by Gasteiger charge is -2.15. The summed E-state index contributed by atoms with van der Waals surface area (Å²) in [4.78, 5) is 10.6. The third-order valence-corrected chi connectivity index (χ3v) is 3.40. The summed E-state index contributed by atoms with van der Waals surface area (Å²) in [6.45, 7) is 2.53. The number of cyclic esters (lactones) is 1. The Morgan fingerprint density at radius 1 is 0.909 bits per heavy atom. The first kappa shape index (κ1) is 18.5. The van der Waals surface area contributed by atoms with Crippen LogP contribution in [-0.2, 0) is 9.53 Å². The predicted molar refractivity (Wildman–Crippen MR) is 92.3 cm³/mol. The Hall–Kier alpha value is -1.51. The molecule has 22 heavy (non-hydrogen) atoms. The summed E-state index contributed by atoms with van der Waals surface area (Å²) in [5, 5.41) is 1.59. The monoisotopic (exact) mass is 338 g/mol. The van der Waals surface area contributed by atoms with Gasteiger partial charge in [0, 0.05) is 10.0 Å². The van der Waals surface area contributed by atoms with Crippen molar-refractivity contribution in [1.29, 1.82) is 0 Å². The summed E-state index contributed by atoms with van der Waals surface area (Å²) in [7, 11) is 0. The van der Waals surface area contributed by atoms with E-state index in [2.05, 4.69) is 0 Å². The Balaban J connectivity index is 0.000000166. The number of halogens is 2. The van der Waals surface area contributed by atoms with Crippen LogP contribution in [-0.4, -0.2) is 12.6 Å². The van der Waals surface area contributed by atoms with Crippen molar-refractivity contribution in [1.82, 2.24) is 0 Å². The molecule has 1 unspecified atom stereocenters. The van der Waals surface area contributed by atoms with Crippen LogP contribution in [0.15, 0.2) is 60.7 Å². The zero-order chi connectivity index (χ0) is 16.2. The average molecular weight is 339 g/mol. The summed E-state index contributed by atoms with van der Waals surface area (Å²) in [6, 6.07) is 18.9. The van der Waals surface area contributed by atoms with E-state index in [9.17, 15) is 4.79 Å². The van der Waals surface area contributed by atoms with Crippen LogP contribution in [0.2, 0.25) is 10.0 Å². The quantitative estimate of drug-likeness (QED) is 0.581. The van der Waals surface area contributed by atoms with Crippen LogP contribution < -0.4 is 0 Å². The van der Waals surface area contributed by atoms with Crippen molar-refractivity contribution in [3.8, 4) is 0 Å². The van der Waals surface area contributed by atoms with Crippen LogP contribution in [0.25, 0.3) is 0 Å². The van der Waals surface area contributed by atoms with E-state index in [1.165, 1.54) is 0 Å². The first-order chi connectivity index (χ1) is 10.6. The number of ether oxygens (including phenoxy) is 1. The normalized spacial score (nSPS) is 16.3. The molecule has 0 bridgehead atoms. The zero-order valence-corrected chi connectivity index (χ0v) is 14.1. The maximum absolute atomic E-state index is 10.6. The van der Waals surface area contributed by atoms with Gasteiger partial charge in [-0.3, -0.25) is 4.79 Å². The third-order valence-electron chi connectivity index (χ3n) is 2.89. The topological polar surface area (TPSA) is 26.3 Å². The number of esters is 1. The molecule has 0 saturated carbocycles. The lowest BCUT2D eigenvalue weighted by Crippen LogP contribution is -2.20. The Labute approximate surface area is 142 Å². The zero-order valence-electron chi connectivity index (χ0n) is 12.5. The second kappa shape index (κ2) is 11.1. The molecule has 0 aliphatic carbocycles. The molecule has 1 atom stereocenters. The van der Waals surface area contributed by atoms with Crippen molar-refractivity contribution in [2.24, 2.45) is 5.92 Å². The molecule has 1 fully saturated rings. The van der Waals surface area contributed by atoms with Crippen LogP contribution in [0.1, 0.15) is 19.8 Å². The van der Waals surface area contributed by atoms with Crippen LogP contribution in [0, 0.1) is 5.92 Å². The van der Waals surface area contributed by atoms with Gasteiger partial charge in [-0.2, -0.15) is 0 Å². The van der Waals surface area contributed by atoms with E-state index in [4.69, 9.17) is 27.9 Å². The molecule has 118 valence electrons. The summed E-state index contributed by atoms with van der Waals surface area (Å²) < 4.78 is 4.75. The highest BCUT2D eigenvalue weighted by Crippen LogP contribution is 2.12. The molecule has 4 heteroatoms. The molecule has 0 radical (unpaired) electrons. The van der Waals surface area contributed by atoms with Gasteiger partial charge in [-0.15, -0.1) is 0 Å². The van der Waals surface area contributed by atoms with Gasteiger partial charge in [0.05, 0.1) is 12.5 Å². The van der Waals surface area contributed by atoms with E-state index in [0.29, 0.717) is 6.61 Å². The molecule has 0 spiro atoms. The van der Waals surface area contributed by atoms with E-state index in [1.807, 2.05) is 67.6 Å². The van der Waals surface area contributed by atoms with Crippen LogP contribution in [0.5, 0.6) is 0 Å². The second-order valence-corrected chi connectivity index (χ2v) is 5.67. The van der Waals surface area contributed by atoms with Gasteiger partial charge in [0.25, 0.3) is 0 Å². The van der Waals surface area contributed by atoms with E-state index >= 15 is 0 Å². The van der Waals surface area contributed by atoms with Crippen molar-refractivity contribution in [3.63, 3.8) is 0 Å². The first-order valence-corrected chi connectivity index (χ1v) is 7.93. The van der Waals surface area contributed by atoms with Gasteiger partial charge in [0.15, 0.2) is 0 Å². The number of carbonyl (C=O) groups is 1. The van der Waals surface area contributed by atoms with Crippen molar-refractivity contribution in [3.05, 3.63) is 70.7 Å². The van der Waals surface area contributed by atoms with E-state index in [0.717, 1.165) is 22.9 Å². The fourth-order valence-electron chi connectivity index (χ4n) is 1.65. The van der Waals surface area contributed by atoms with Crippen molar-refractivity contribution in [2.75, 3.05) is 6.61 Å². The Morgan fingerprint density at radius 2 is 1.36 bits per heavy atom. The van der Waals surface area contributed by atoms with Crippen LogP contribution in [0.4, 0.5) is 0 Å². The molecule has 2 aromatic rings. The molecule has 0 N–H and O–H groups in total. The highest BCUT2D eigenvalue weighted by molar-refractivity contribution is 6.30. The highest BCUT2D eigenvalue weighted by atomic mass is 35.5. The molecule has 2 nitrogen and oxygen atoms in total. The number of rotatable bonds is 0. The Morgan fingerprint density at radius 3 is 1.59 bits per heavy atom. The van der Waals surface area contributed by atoms with Gasteiger partial charge >= 0.3 is 5.97 Å². The molecule has 2 aromatic carbocycles. The molecule has 0 aromatic heterocycles. The average Bonchev–Trinajstić information content (AvgIpc) is 2.53. The molecule has 1 saturated heterocycles. The van der Waals surface area contributed by atoms with Gasteiger partial charge in [-0.25, -0.2) is 0 Å². The maximum atomic E-state index is 10.6. The molecule has 0 amide bonds. The third kappa shape index (κ3) is 8.71. The largest absolute Gasteiger partial charge is 0.465 e. The minimum Gasteiger partial charge on any atom is -0.465 e. The summed E-state index contributed by atoms with van der Waals surface area (Å²) in [5.41, 5.74) is 0. The summed E-state index contributed by atoms with van der Waals surface area (Å²) >= 11 is 11.1. The predicted octanol–water partition coefficient (Wildman–Crippen LogP) is 5.64. The van der Waals surface area contributed by atoms with Gasteiger partial charge in [-0.05, 0) is 37.1 Å². The SMILES string of the molecule is CC1CCCOC1=O.Clc1ccccc1.Clc1ccccc1. The van der Waals surface area contributed by atoms with E-state index in [-0.39, 0.29) is 11.9 Å². The Bertz CT molecular complexity index is 492. The molecule has 3 rings (SSSR count). The number of benzene rings is 2. The van der Waals surface area contributed by atoms with Crippen LogP contribution in [0.3, 0.4) is 0 Å². The van der Waals surface area contributed by atoms with Gasteiger partial charge < -0.3 is 4.74 Å². The molecular weight excluding hydrogens is 319 g/mol. The second-order valence-electron chi connectivity index (χ2n) is 4.80. The molecule has 1 aliphatic heterocycles. The lowest BCUT2D eigenvalue weighted by molar-refractivity contribution is -0.151. The van der Waals surface area contributed by atoms with Crippen molar-refractivity contribution in [2.45, 2.75) is 19.8 Å². The smallest absolute Gasteiger partial charge is 0.308 e. The Kier molecular flexibility index (Phi) is 9.36. The maximum Gasteiger partial charge on any atom is 0.308 e. The standard InChI is InChI=1S/2C6H5Cl.C6H10O2/c2*7-6-4-2-1-3-5-6;1-5-3-2-4-8-6(5)7/h2*1-5H;5H,2-4H2,1H3. The number of carbonyl (C=O) groups excluding carboxylic acids is 1. The lowest BCUT2D eigenvalue weighted by atomic mass is 10.0. The van der Waals surface area contributed by atoms with Gasteiger partial charge in [-0.1, -0.05) is 66.5 Å². The minimum absolute atomic E-state index is 0.0312. The van der Waals surface area contributed by atoms with E-state index in [1.54, 1.807) is 0 Å². The van der Waals surface area contributed by atoms with E-state index < -0.39 is 0 Å². The fraction of sp³-hybridized carbons (Fsp3) is 0.278. The van der Waals surface area contributed by atoms with Gasteiger partial charge in [0.1, 0.15) is 0 Å². The first-order valence-electron chi connectivity index (χ1n) is 7.17. The van der Waals surface area contributed by atoms with Crippen LogP contribution >= 0.6 is 23.2 Å². The fourth-order valence-corrected chi connectivity index (χ4v) is 1.94. The summed E-state index contributed by atoms with van der Waals surface area (Å²) in [5.74, 6) is 0.111. The van der Waals surface area contributed by atoms with Gasteiger partial charge in [0.2, 0.25) is 0 Å².